The van der Waals surface area contributed by atoms with Crippen molar-refractivity contribution in [2.24, 2.45) is 0 Å². The van der Waals surface area contributed by atoms with Crippen LogP contribution in [0.4, 0.5) is 0 Å². The molecule has 1 atom stereocenters. The summed E-state index contributed by atoms with van der Waals surface area (Å²) in [5.41, 5.74) is 0.722. The van der Waals surface area contributed by atoms with E-state index in [4.69, 9.17) is 10.2 Å². The lowest BCUT2D eigenvalue weighted by Crippen LogP contribution is -2.22. The van der Waals surface area contributed by atoms with Crippen molar-refractivity contribution < 1.29 is 15.0 Å². The van der Waals surface area contributed by atoms with Gasteiger partial charge in [0.05, 0.1) is 0 Å². The number of nitrogens with one attached hydrogen (secondary N) is 1. The highest BCUT2D eigenvalue weighted by atomic mass is 16.4. The maximum Gasteiger partial charge on any atom is 0.332 e. The molecule has 1 heterocycles. The zero-order chi connectivity index (χ0) is 8.27. The number of aliphatic hydroxyl groups is 1. The molecule has 0 aromatic carbocycles. The largest absolute Gasteiger partial charge is 0.479 e. The first-order valence-corrected chi connectivity index (χ1v) is 3.23. The summed E-state index contributed by atoms with van der Waals surface area (Å²) in [5.74, 6) is -1.19. The van der Waals surface area contributed by atoms with Crippen LogP contribution < -0.4 is 0 Å². The number of carbonyl (C=O) groups is 1. The van der Waals surface area contributed by atoms with Crippen molar-refractivity contribution in [3.63, 3.8) is 0 Å². The van der Waals surface area contributed by atoms with E-state index in [1.807, 2.05) is 0 Å². The molecule has 1 aromatic heterocycles. The van der Waals surface area contributed by atoms with E-state index in [2.05, 4.69) is 4.98 Å². The van der Waals surface area contributed by atoms with Crippen LogP contribution in [-0.2, 0) is 11.2 Å². The first kappa shape index (κ1) is 7.81. The number of hydrogen-bond acceptors (Lipinski definition) is 2. The molecule has 0 fully saturated rings. The summed E-state index contributed by atoms with van der Waals surface area (Å²) in [6.07, 6.45) is 0.500. The van der Waals surface area contributed by atoms with Crippen molar-refractivity contribution in [2.75, 3.05) is 0 Å². The van der Waals surface area contributed by atoms with Crippen LogP contribution >= 0.6 is 0 Å². The number of carboxylic acids is 1. The average Bonchev–Trinajstić information content (AvgIpc) is 2.39. The van der Waals surface area contributed by atoms with E-state index < -0.39 is 12.1 Å². The second kappa shape index (κ2) is 3.21. The number of aromatic amines is 1. The van der Waals surface area contributed by atoms with Crippen LogP contribution in [0.25, 0.3) is 0 Å². The maximum atomic E-state index is 10.2. The van der Waals surface area contributed by atoms with Gasteiger partial charge in [-0.05, 0) is 12.1 Å². The van der Waals surface area contributed by atoms with E-state index in [0.717, 1.165) is 5.69 Å². The molecule has 0 bridgehead atoms. The fourth-order valence-electron chi connectivity index (χ4n) is 0.790. The summed E-state index contributed by atoms with van der Waals surface area (Å²) in [7, 11) is 0. The second-order valence-corrected chi connectivity index (χ2v) is 2.25. The van der Waals surface area contributed by atoms with Crippen molar-refractivity contribution in [1.82, 2.24) is 4.98 Å². The molecule has 0 aliphatic rings. The minimum absolute atomic E-state index is 0.127. The molecule has 0 spiro atoms. The summed E-state index contributed by atoms with van der Waals surface area (Å²) in [4.78, 5) is 13.0. The Balaban J connectivity index is 2.50. The molecular weight excluding hydrogens is 146 g/mol. The number of rotatable bonds is 3. The van der Waals surface area contributed by atoms with Gasteiger partial charge < -0.3 is 15.2 Å². The van der Waals surface area contributed by atoms with Gasteiger partial charge in [0.2, 0.25) is 0 Å². The van der Waals surface area contributed by atoms with Crippen molar-refractivity contribution in [3.05, 3.63) is 24.0 Å². The van der Waals surface area contributed by atoms with Gasteiger partial charge in [-0.2, -0.15) is 0 Å². The average molecular weight is 155 g/mol. The molecule has 0 aliphatic heterocycles. The highest BCUT2D eigenvalue weighted by molar-refractivity contribution is 5.72. The minimum atomic E-state index is -1.31. The number of hydrogen-bond donors (Lipinski definition) is 3. The van der Waals surface area contributed by atoms with Gasteiger partial charge in [0.15, 0.2) is 6.10 Å². The molecule has 4 nitrogen and oxygen atoms in total. The van der Waals surface area contributed by atoms with Gasteiger partial charge in [-0.25, -0.2) is 4.79 Å². The maximum absolute atomic E-state index is 10.2. The first-order valence-electron chi connectivity index (χ1n) is 3.23. The molecule has 60 valence electrons. The third kappa shape index (κ3) is 2.09. The Labute approximate surface area is 63.5 Å². The SMILES string of the molecule is O=C(O)C(O)Cc1ccc[nH]1. The molecule has 4 heteroatoms. The fourth-order valence-corrected chi connectivity index (χ4v) is 0.790. The van der Waals surface area contributed by atoms with Crippen LogP contribution in [0, 0.1) is 0 Å². The number of aliphatic carboxylic acids is 1. The Kier molecular flexibility index (Phi) is 2.28. The van der Waals surface area contributed by atoms with E-state index in [1.165, 1.54) is 0 Å². The van der Waals surface area contributed by atoms with Crippen molar-refractivity contribution in [1.29, 1.82) is 0 Å². The predicted molar refractivity (Wildman–Crippen MR) is 38.1 cm³/mol. The van der Waals surface area contributed by atoms with Gasteiger partial charge in [-0.3, -0.25) is 0 Å². The first-order chi connectivity index (χ1) is 5.20. The van der Waals surface area contributed by atoms with Crippen LogP contribution in [0.15, 0.2) is 18.3 Å². The van der Waals surface area contributed by atoms with Crippen LogP contribution in [0.2, 0.25) is 0 Å². The summed E-state index contributed by atoms with van der Waals surface area (Å²) < 4.78 is 0. The van der Waals surface area contributed by atoms with Gasteiger partial charge >= 0.3 is 5.97 Å². The lowest BCUT2D eigenvalue weighted by atomic mass is 10.2. The number of aliphatic hydroxyl groups excluding tert-OH is 1. The summed E-state index contributed by atoms with van der Waals surface area (Å²) >= 11 is 0. The lowest BCUT2D eigenvalue weighted by molar-refractivity contribution is -0.146. The van der Waals surface area contributed by atoms with Crippen LogP contribution in [0.5, 0.6) is 0 Å². The zero-order valence-electron chi connectivity index (χ0n) is 5.82. The number of carboxylic acid groups (broad SMARTS) is 1. The molecule has 1 aromatic rings. The Bertz CT molecular complexity index is 230. The Morgan fingerprint density at radius 2 is 2.45 bits per heavy atom. The van der Waals surface area contributed by atoms with Gasteiger partial charge in [0, 0.05) is 18.3 Å². The molecule has 0 amide bonds. The van der Waals surface area contributed by atoms with E-state index in [0.29, 0.717) is 0 Å². The summed E-state index contributed by atoms with van der Waals surface area (Å²) in [5, 5.41) is 17.2. The van der Waals surface area contributed by atoms with Crippen molar-refractivity contribution >= 4 is 5.97 Å². The van der Waals surface area contributed by atoms with Crippen LogP contribution in [-0.4, -0.2) is 27.3 Å². The van der Waals surface area contributed by atoms with Crippen molar-refractivity contribution in [3.8, 4) is 0 Å². The van der Waals surface area contributed by atoms with Gasteiger partial charge in [-0.15, -0.1) is 0 Å². The molecule has 1 unspecified atom stereocenters. The topological polar surface area (TPSA) is 73.3 Å². The highest BCUT2D eigenvalue weighted by Crippen LogP contribution is 1.99. The van der Waals surface area contributed by atoms with Crippen LogP contribution in [0.3, 0.4) is 0 Å². The zero-order valence-corrected chi connectivity index (χ0v) is 5.82. The Morgan fingerprint density at radius 1 is 1.73 bits per heavy atom. The molecule has 3 N–H and O–H groups in total. The number of H-pyrrole nitrogens is 1. The molecule has 0 saturated heterocycles. The Morgan fingerprint density at radius 3 is 2.91 bits per heavy atom. The molecule has 11 heavy (non-hydrogen) atoms. The van der Waals surface area contributed by atoms with E-state index in [1.54, 1.807) is 18.3 Å². The number of aromatic nitrogens is 1. The molecule has 0 aliphatic carbocycles. The van der Waals surface area contributed by atoms with E-state index >= 15 is 0 Å². The predicted octanol–water partition coefficient (Wildman–Crippen LogP) is 0.00270. The standard InChI is InChI=1S/C7H9NO3/c9-6(7(10)11)4-5-2-1-3-8-5/h1-3,6,8-9H,4H2,(H,10,11). The fraction of sp³-hybridized carbons (Fsp3) is 0.286. The van der Waals surface area contributed by atoms with Crippen LogP contribution in [0.1, 0.15) is 5.69 Å². The smallest absolute Gasteiger partial charge is 0.332 e. The lowest BCUT2D eigenvalue weighted by Gasteiger charge is -2.01. The normalized spacial score (nSPS) is 12.8. The summed E-state index contributed by atoms with van der Waals surface area (Å²) in [6, 6.07) is 3.48. The van der Waals surface area contributed by atoms with E-state index in [-0.39, 0.29) is 6.42 Å². The third-order valence-corrected chi connectivity index (χ3v) is 1.36. The molecule has 0 radical (unpaired) electrons. The van der Waals surface area contributed by atoms with Gasteiger partial charge in [0.1, 0.15) is 0 Å². The second-order valence-electron chi connectivity index (χ2n) is 2.25. The van der Waals surface area contributed by atoms with Gasteiger partial charge in [0.25, 0.3) is 0 Å². The molecular formula is C7H9NO3. The monoisotopic (exact) mass is 155 g/mol. The van der Waals surface area contributed by atoms with Gasteiger partial charge in [-0.1, -0.05) is 0 Å². The minimum Gasteiger partial charge on any atom is -0.479 e. The third-order valence-electron chi connectivity index (χ3n) is 1.36. The molecule has 0 saturated carbocycles. The quantitative estimate of drug-likeness (QED) is 0.575. The highest BCUT2D eigenvalue weighted by Gasteiger charge is 2.13. The summed E-state index contributed by atoms with van der Waals surface area (Å²) in [6.45, 7) is 0. The Hall–Kier alpha value is -1.29. The van der Waals surface area contributed by atoms with E-state index in [9.17, 15) is 4.79 Å². The van der Waals surface area contributed by atoms with Crippen molar-refractivity contribution in [2.45, 2.75) is 12.5 Å². The molecule has 1 rings (SSSR count).